The molecule has 0 saturated heterocycles. The van der Waals surface area contributed by atoms with Crippen molar-refractivity contribution in [3.05, 3.63) is 166 Å². The summed E-state index contributed by atoms with van der Waals surface area (Å²) in [5, 5.41) is 0. The Bertz CT molecular complexity index is 1680. The van der Waals surface area contributed by atoms with Crippen molar-refractivity contribution in [1.82, 2.24) is 9.97 Å². The second kappa shape index (κ2) is 15.5. The van der Waals surface area contributed by atoms with Gasteiger partial charge in [-0.3, -0.25) is 0 Å². The Hall–Kier alpha value is -4.80. The Kier molecular flexibility index (Phi) is 11.0. The molecule has 46 heavy (non-hydrogen) atoms. The van der Waals surface area contributed by atoms with Crippen LogP contribution in [0.5, 0.6) is 0 Å². The highest BCUT2D eigenvalue weighted by molar-refractivity contribution is 9.11. The van der Waals surface area contributed by atoms with E-state index in [4.69, 9.17) is 8.83 Å². The lowest BCUT2D eigenvalue weighted by molar-refractivity contribution is 0.439. The molecular formula is C36H22Br2F4N2O2. The summed E-state index contributed by atoms with van der Waals surface area (Å²) >= 11 is 4.73. The number of hydrogen-bond acceptors (Lipinski definition) is 4. The molecule has 0 bridgehead atoms. The van der Waals surface area contributed by atoms with E-state index in [9.17, 15) is 17.6 Å². The average Bonchev–Trinajstić information content (AvgIpc) is 3.83. The van der Waals surface area contributed by atoms with Crippen molar-refractivity contribution in [3.63, 3.8) is 0 Å². The lowest BCUT2D eigenvalue weighted by Gasteiger charge is -2.02. The van der Waals surface area contributed by atoms with Crippen molar-refractivity contribution >= 4 is 31.9 Å². The van der Waals surface area contributed by atoms with Gasteiger partial charge in [0.1, 0.15) is 0 Å². The standard InChI is InChI=1S/2C15H11NO.C6Br2F4/c2*1-3-7-12(8-4-1)14-11-16-15(17-14)13-9-5-2-6-10-13;7-1-3(9)5(11)2(8)6(12)4(1)10/h2*1-11H;. The van der Waals surface area contributed by atoms with E-state index in [1.807, 2.05) is 121 Å². The Morgan fingerprint density at radius 2 is 0.652 bits per heavy atom. The molecule has 0 fully saturated rings. The van der Waals surface area contributed by atoms with Crippen LogP contribution in [0.4, 0.5) is 17.6 Å². The Labute approximate surface area is 278 Å². The van der Waals surface area contributed by atoms with Crippen LogP contribution in [0, 0.1) is 23.3 Å². The molecule has 0 saturated carbocycles. The monoisotopic (exact) mass is 748 g/mol. The van der Waals surface area contributed by atoms with Gasteiger partial charge in [0.2, 0.25) is 11.8 Å². The Morgan fingerprint density at radius 1 is 0.391 bits per heavy atom. The van der Waals surface area contributed by atoms with Gasteiger partial charge in [0.15, 0.2) is 34.8 Å². The van der Waals surface area contributed by atoms with Crippen molar-refractivity contribution in [3.8, 4) is 45.6 Å². The fourth-order valence-corrected chi connectivity index (χ4v) is 4.72. The van der Waals surface area contributed by atoms with Gasteiger partial charge in [-0.1, -0.05) is 97.1 Å². The summed E-state index contributed by atoms with van der Waals surface area (Å²) in [5.41, 5.74) is 4.08. The molecule has 5 aromatic carbocycles. The predicted molar refractivity (Wildman–Crippen MR) is 176 cm³/mol. The van der Waals surface area contributed by atoms with Gasteiger partial charge in [-0.05, 0) is 56.1 Å². The molecule has 0 aliphatic carbocycles. The molecule has 0 aliphatic rings. The number of aromatic nitrogens is 2. The highest BCUT2D eigenvalue weighted by atomic mass is 79.9. The second-order valence-electron chi connectivity index (χ2n) is 9.41. The van der Waals surface area contributed by atoms with Crippen molar-refractivity contribution < 1.29 is 26.4 Å². The topological polar surface area (TPSA) is 52.1 Å². The van der Waals surface area contributed by atoms with E-state index in [0.717, 1.165) is 33.8 Å². The van der Waals surface area contributed by atoms with Crippen LogP contribution in [-0.4, -0.2) is 9.97 Å². The van der Waals surface area contributed by atoms with Gasteiger partial charge in [-0.2, -0.15) is 0 Å². The molecule has 0 amide bonds. The first kappa shape index (κ1) is 32.6. The molecule has 10 heteroatoms. The van der Waals surface area contributed by atoms with Crippen LogP contribution >= 0.6 is 31.9 Å². The third kappa shape index (κ3) is 7.88. The van der Waals surface area contributed by atoms with Gasteiger partial charge in [0.25, 0.3) is 0 Å². The molecule has 230 valence electrons. The van der Waals surface area contributed by atoms with Crippen LogP contribution in [0.25, 0.3) is 45.6 Å². The molecule has 7 rings (SSSR count). The maximum Gasteiger partial charge on any atom is 0.226 e. The van der Waals surface area contributed by atoms with Gasteiger partial charge in [-0.25, -0.2) is 27.5 Å². The van der Waals surface area contributed by atoms with E-state index in [-0.39, 0.29) is 0 Å². The lowest BCUT2D eigenvalue weighted by Crippen LogP contribution is -1.97. The van der Waals surface area contributed by atoms with Gasteiger partial charge < -0.3 is 8.83 Å². The minimum atomic E-state index is -1.46. The van der Waals surface area contributed by atoms with Gasteiger partial charge in [0, 0.05) is 22.3 Å². The maximum atomic E-state index is 12.6. The van der Waals surface area contributed by atoms with Crippen LogP contribution in [0.15, 0.2) is 152 Å². The van der Waals surface area contributed by atoms with Crippen molar-refractivity contribution in [2.45, 2.75) is 0 Å². The zero-order chi connectivity index (χ0) is 32.5. The van der Waals surface area contributed by atoms with E-state index in [2.05, 4.69) is 41.8 Å². The number of oxazole rings is 2. The first-order valence-corrected chi connectivity index (χ1v) is 15.2. The second-order valence-corrected chi connectivity index (χ2v) is 11.0. The molecule has 2 aromatic heterocycles. The molecular weight excluding hydrogens is 728 g/mol. The molecule has 4 nitrogen and oxygen atoms in total. The van der Waals surface area contributed by atoms with E-state index < -0.39 is 32.2 Å². The number of nitrogens with zero attached hydrogens (tertiary/aromatic N) is 2. The zero-order valence-corrected chi connectivity index (χ0v) is 26.9. The van der Waals surface area contributed by atoms with Crippen LogP contribution in [0.2, 0.25) is 0 Å². The first-order valence-electron chi connectivity index (χ1n) is 13.6. The fraction of sp³-hybridized carbons (Fsp3) is 0. The van der Waals surface area contributed by atoms with Gasteiger partial charge in [0.05, 0.1) is 21.3 Å². The van der Waals surface area contributed by atoms with Gasteiger partial charge >= 0.3 is 0 Å². The molecule has 7 aromatic rings. The van der Waals surface area contributed by atoms with Crippen molar-refractivity contribution in [2.75, 3.05) is 0 Å². The van der Waals surface area contributed by atoms with Crippen LogP contribution in [0.3, 0.4) is 0 Å². The van der Waals surface area contributed by atoms with E-state index in [0.29, 0.717) is 11.8 Å². The van der Waals surface area contributed by atoms with E-state index in [1.165, 1.54) is 0 Å². The number of rotatable bonds is 4. The molecule has 0 radical (unpaired) electrons. The van der Waals surface area contributed by atoms with Crippen LogP contribution in [-0.2, 0) is 0 Å². The molecule has 0 unspecified atom stereocenters. The summed E-state index contributed by atoms with van der Waals surface area (Å²) in [6.07, 6.45) is 3.52. The highest BCUT2D eigenvalue weighted by Crippen LogP contribution is 2.31. The minimum absolute atomic E-state index is 0.657. The van der Waals surface area contributed by atoms with Gasteiger partial charge in [-0.15, -0.1) is 0 Å². The summed E-state index contributed by atoms with van der Waals surface area (Å²) in [7, 11) is 0. The molecule has 2 heterocycles. The molecule has 0 N–H and O–H groups in total. The summed E-state index contributed by atoms with van der Waals surface area (Å²) in [5.74, 6) is -2.93. The molecule has 0 spiro atoms. The Balaban J connectivity index is 0.000000139. The largest absolute Gasteiger partial charge is 0.436 e. The number of halogens is 6. The fourth-order valence-electron chi connectivity index (χ4n) is 4.03. The van der Waals surface area contributed by atoms with Crippen LogP contribution < -0.4 is 0 Å². The van der Waals surface area contributed by atoms with E-state index in [1.54, 1.807) is 12.4 Å². The minimum Gasteiger partial charge on any atom is -0.436 e. The Morgan fingerprint density at radius 3 is 0.935 bits per heavy atom. The number of hydrogen-bond donors (Lipinski definition) is 0. The molecule has 0 atom stereocenters. The normalized spacial score (nSPS) is 10.4. The van der Waals surface area contributed by atoms with Crippen molar-refractivity contribution in [2.24, 2.45) is 0 Å². The maximum absolute atomic E-state index is 12.6. The van der Waals surface area contributed by atoms with Crippen molar-refractivity contribution in [1.29, 1.82) is 0 Å². The summed E-state index contributed by atoms with van der Waals surface area (Å²) in [6, 6.07) is 39.7. The highest BCUT2D eigenvalue weighted by Gasteiger charge is 2.22. The average molecular weight is 750 g/mol. The smallest absolute Gasteiger partial charge is 0.226 e. The van der Waals surface area contributed by atoms with E-state index >= 15 is 0 Å². The zero-order valence-electron chi connectivity index (χ0n) is 23.7. The quantitative estimate of drug-likeness (QED) is 0.102. The third-order valence-corrected chi connectivity index (χ3v) is 7.72. The van der Waals surface area contributed by atoms with Crippen LogP contribution in [0.1, 0.15) is 0 Å². The SMILES string of the molecule is Fc1c(F)c(Br)c(F)c(F)c1Br.c1ccc(-c2cnc(-c3ccccc3)o2)cc1.c1ccc(-c2cnc(-c3ccccc3)o2)cc1. The summed E-state index contributed by atoms with van der Waals surface area (Å²) in [6.45, 7) is 0. The summed E-state index contributed by atoms with van der Waals surface area (Å²) < 4.78 is 60.1. The third-order valence-electron chi connectivity index (χ3n) is 6.33. The predicted octanol–water partition coefficient (Wildman–Crippen LogP) is 11.8. The summed E-state index contributed by atoms with van der Waals surface area (Å²) in [4.78, 5) is 8.59. The molecule has 0 aliphatic heterocycles. The lowest BCUT2D eigenvalue weighted by atomic mass is 10.2. The first-order chi connectivity index (χ1) is 22.3. The number of benzene rings is 5.